The summed E-state index contributed by atoms with van der Waals surface area (Å²) in [6.07, 6.45) is 0. The number of nitrogens with zero attached hydrogens (tertiary/aromatic N) is 2. The molecule has 2 aromatic rings. The van der Waals surface area contributed by atoms with Gasteiger partial charge in [0.1, 0.15) is 6.54 Å². The first-order valence-electron chi connectivity index (χ1n) is 9.13. The number of carbonyl (C=O) groups excluding carboxylic acids is 1. The topological polar surface area (TPSA) is 66.8 Å². The molecule has 1 heterocycles. The smallest absolute Gasteiger partial charge is 0.248 e. The third-order valence-corrected chi connectivity index (χ3v) is 7.32. The predicted molar refractivity (Wildman–Crippen MR) is 114 cm³/mol. The number of carbonyl (C=O) groups is 1. The fraction of sp³-hybridized carbons (Fsp3) is 0.333. The minimum absolute atomic E-state index is 0.0440. The minimum atomic E-state index is -3.27. The average Bonchev–Trinajstić information content (AvgIpc) is 2.77. The average molecular weight is 419 g/mol. The van der Waals surface area contributed by atoms with Crippen molar-refractivity contribution in [1.29, 1.82) is 0 Å². The minimum Gasteiger partial charge on any atom is -0.309 e. The lowest BCUT2D eigenvalue weighted by Gasteiger charge is -2.24. The van der Waals surface area contributed by atoms with Gasteiger partial charge in [-0.1, -0.05) is 35.9 Å². The van der Waals surface area contributed by atoms with Gasteiger partial charge in [-0.2, -0.15) is 0 Å². The fourth-order valence-electron chi connectivity index (χ4n) is 3.15. The molecule has 0 aromatic heterocycles. The summed E-state index contributed by atoms with van der Waals surface area (Å²) >= 11 is 6.24. The van der Waals surface area contributed by atoms with Crippen LogP contribution in [-0.4, -0.2) is 44.1 Å². The van der Waals surface area contributed by atoms with Gasteiger partial charge < -0.3 is 4.90 Å². The van der Waals surface area contributed by atoms with Crippen LogP contribution in [-0.2, 0) is 14.6 Å². The van der Waals surface area contributed by atoms with Crippen molar-refractivity contribution in [2.24, 2.45) is 4.99 Å². The fourth-order valence-corrected chi connectivity index (χ4v) is 4.23. The zero-order valence-electron chi connectivity index (χ0n) is 16.1. The van der Waals surface area contributed by atoms with E-state index in [2.05, 4.69) is 4.99 Å². The number of anilines is 1. The van der Waals surface area contributed by atoms with Gasteiger partial charge in [-0.05, 0) is 44.5 Å². The molecule has 7 heteroatoms. The Balaban J connectivity index is 2.08. The maximum absolute atomic E-state index is 12.8. The van der Waals surface area contributed by atoms with E-state index in [9.17, 15) is 13.2 Å². The standard InChI is InChI=1S/C21H23ClN2O3S/c1-14(2)28(26,27)11-10-24-19-9-8-16(22)12-18(19)21(23-13-20(24)25)17-7-5-4-6-15(17)3/h4-9,12,14H,10-11,13H2,1-3H3. The van der Waals surface area contributed by atoms with Crippen molar-refractivity contribution in [2.45, 2.75) is 26.0 Å². The Hall–Kier alpha value is -2.18. The summed E-state index contributed by atoms with van der Waals surface area (Å²) in [5, 5.41) is 0.0437. The van der Waals surface area contributed by atoms with Crippen molar-refractivity contribution < 1.29 is 13.2 Å². The highest BCUT2D eigenvalue weighted by Crippen LogP contribution is 2.30. The van der Waals surface area contributed by atoms with Gasteiger partial charge in [0.25, 0.3) is 0 Å². The van der Waals surface area contributed by atoms with E-state index in [0.29, 0.717) is 16.4 Å². The predicted octanol–water partition coefficient (Wildman–Crippen LogP) is 3.66. The number of aliphatic imine (C=N–C) groups is 1. The Morgan fingerprint density at radius 2 is 1.86 bits per heavy atom. The zero-order chi connectivity index (χ0) is 20.5. The molecule has 0 saturated carbocycles. The van der Waals surface area contributed by atoms with Crippen molar-refractivity contribution >= 4 is 38.7 Å². The number of aryl methyl sites for hydroxylation is 1. The highest BCUT2D eigenvalue weighted by atomic mass is 35.5. The molecule has 2 aromatic carbocycles. The Kier molecular flexibility index (Phi) is 5.91. The maximum Gasteiger partial charge on any atom is 0.248 e. The third kappa shape index (κ3) is 4.13. The van der Waals surface area contributed by atoms with Gasteiger partial charge >= 0.3 is 0 Å². The van der Waals surface area contributed by atoms with Gasteiger partial charge in [-0.15, -0.1) is 0 Å². The van der Waals surface area contributed by atoms with Gasteiger partial charge in [0.2, 0.25) is 5.91 Å². The number of rotatable bonds is 5. The van der Waals surface area contributed by atoms with E-state index in [1.54, 1.807) is 32.0 Å². The summed E-state index contributed by atoms with van der Waals surface area (Å²) in [6.45, 7) is 5.32. The van der Waals surface area contributed by atoms with Gasteiger partial charge in [0.05, 0.1) is 22.4 Å². The van der Waals surface area contributed by atoms with Gasteiger partial charge in [-0.3, -0.25) is 9.79 Å². The Morgan fingerprint density at radius 3 is 2.54 bits per heavy atom. The second-order valence-electron chi connectivity index (χ2n) is 7.10. The first kappa shape index (κ1) is 20.6. The van der Waals surface area contributed by atoms with Crippen LogP contribution in [0.25, 0.3) is 0 Å². The molecule has 28 heavy (non-hydrogen) atoms. The number of sulfone groups is 1. The molecule has 0 N–H and O–H groups in total. The number of benzodiazepines with no additional fused rings is 1. The highest BCUT2D eigenvalue weighted by Gasteiger charge is 2.27. The Bertz CT molecular complexity index is 1050. The van der Waals surface area contributed by atoms with E-state index in [-0.39, 0.29) is 24.7 Å². The number of amides is 1. The van der Waals surface area contributed by atoms with E-state index >= 15 is 0 Å². The SMILES string of the molecule is Cc1ccccc1C1=NCC(=O)N(CCS(=O)(=O)C(C)C)c2ccc(Cl)cc21. The van der Waals surface area contributed by atoms with Crippen molar-refractivity contribution in [3.63, 3.8) is 0 Å². The van der Waals surface area contributed by atoms with Crippen LogP contribution in [0.4, 0.5) is 5.69 Å². The van der Waals surface area contributed by atoms with E-state index in [1.165, 1.54) is 4.90 Å². The summed E-state index contributed by atoms with van der Waals surface area (Å²) in [6, 6.07) is 13.1. The molecule has 0 aliphatic carbocycles. The molecule has 0 fully saturated rings. The summed E-state index contributed by atoms with van der Waals surface area (Å²) < 4.78 is 24.5. The molecule has 3 rings (SSSR count). The van der Waals surface area contributed by atoms with Crippen LogP contribution in [0.5, 0.6) is 0 Å². The molecule has 0 spiro atoms. The van der Waals surface area contributed by atoms with Crippen molar-refractivity contribution in [3.05, 3.63) is 64.2 Å². The first-order chi connectivity index (χ1) is 13.2. The second-order valence-corrected chi connectivity index (χ2v) is 10.2. The summed E-state index contributed by atoms with van der Waals surface area (Å²) in [5.41, 5.74) is 4.02. The first-order valence-corrected chi connectivity index (χ1v) is 11.2. The van der Waals surface area contributed by atoms with Crippen LogP contribution in [0.2, 0.25) is 5.02 Å². The maximum atomic E-state index is 12.8. The molecular weight excluding hydrogens is 396 g/mol. The Morgan fingerprint density at radius 1 is 1.14 bits per heavy atom. The van der Waals surface area contributed by atoms with Gasteiger partial charge in [0.15, 0.2) is 9.84 Å². The number of hydrogen-bond donors (Lipinski definition) is 0. The lowest BCUT2D eigenvalue weighted by Crippen LogP contribution is -2.37. The quantitative estimate of drug-likeness (QED) is 0.744. The van der Waals surface area contributed by atoms with E-state index < -0.39 is 15.1 Å². The number of fused-ring (bicyclic) bond motifs is 1. The molecule has 1 amide bonds. The Labute approximate surface area is 171 Å². The van der Waals surface area contributed by atoms with Crippen LogP contribution >= 0.6 is 11.6 Å². The van der Waals surface area contributed by atoms with E-state index in [0.717, 1.165) is 16.7 Å². The summed E-state index contributed by atoms with van der Waals surface area (Å²) in [7, 11) is -3.27. The molecular formula is C21H23ClN2O3S. The van der Waals surface area contributed by atoms with Crippen LogP contribution in [0.3, 0.4) is 0 Å². The lowest BCUT2D eigenvalue weighted by atomic mass is 9.96. The molecule has 5 nitrogen and oxygen atoms in total. The highest BCUT2D eigenvalue weighted by molar-refractivity contribution is 7.92. The largest absolute Gasteiger partial charge is 0.309 e. The van der Waals surface area contributed by atoms with Crippen LogP contribution in [0, 0.1) is 6.92 Å². The van der Waals surface area contributed by atoms with Crippen molar-refractivity contribution in [1.82, 2.24) is 0 Å². The molecule has 0 unspecified atom stereocenters. The third-order valence-electron chi connectivity index (χ3n) is 4.90. The molecule has 0 saturated heterocycles. The van der Waals surface area contributed by atoms with E-state index in [4.69, 9.17) is 11.6 Å². The molecule has 0 radical (unpaired) electrons. The van der Waals surface area contributed by atoms with Gasteiger partial charge in [-0.25, -0.2) is 8.42 Å². The number of hydrogen-bond acceptors (Lipinski definition) is 4. The lowest BCUT2D eigenvalue weighted by molar-refractivity contribution is -0.117. The molecule has 1 aliphatic heterocycles. The van der Waals surface area contributed by atoms with Crippen LogP contribution < -0.4 is 4.90 Å². The summed E-state index contributed by atoms with van der Waals surface area (Å²) in [4.78, 5) is 18.9. The zero-order valence-corrected chi connectivity index (χ0v) is 17.7. The number of halogens is 1. The molecule has 0 atom stereocenters. The van der Waals surface area contributed by atoms with Crippen molar-refractivity contribution in [3.8, 4) is 0 Å². The monoisotopic (exact) mass is 418 g/mol. The van der Waals surface area contributed by atoms with Gasteiger partial charge in [0, 0.05) is 22.7 Å². The van der Waals surface area contributed by atoms with Crippen LogP contribution in [0.15, 0.2) is 47.5 Å². The second kappa shape index (κ2) is 8.05. The normalized spacial score (nSPS) is 14.7. The molecule has 0 bridgehead atoms. The van der Waals surface area contributed by atoms with Crippen molar-refractivity contribution in [2.75, 3.05) is 23.7 Å². The summed E-state index contributed by atoms with van der Waals surface area (Å²) in [5.74, 6) is -0.329. The van der Waals surface area contributed by atoms with Crippen LogP contribution in [0.1, 0.15) is 30.5 Å². The van der Waals surface area contributed by atoms with E-state index in [1.807, 2.05) is 31.2 Å². The molecule has 1 aliphatic rings. The number of benzene rings is 2. The molecule has 148 valence electrons.